The molecule has 178 valence electrons. The summed E-state index contributed by atoms with van der Waals surface area (Å²) in [6, 6.07) is 0. The SMILES string of the molecule is CC[C@H](CC[C@@H](C)C1CCC2C3C(CC[C@@]21C)[C@@]1(C)CC[C@H](O)CC1=C[C@H]3O)C(C)C. The first-order valence-corrected chi connectivity index (χ1v) is 13.7. The van der Waals surface area contributed by atoms with Crippen LogP contribution in [-0.4, -0.2) is 22.4 Å². The van der Waals surface area contributed by atoms with Crippen LogP contribution in [-0.2, 0) is 0 Å². The van der Waals surface area contributed by atoms with Crippen LogP contribution in [0.4, 0.5) is 0 Å². The summed E-state index contributed by atoms with van der Waals surface area (Å²) in [4.78, 5) is 0. The van der Waals surface area contributed by atoms with Crippen molar-refractivity contribution in [1.29, 1.82) is 0 Å². The van der Waals surface area contributed by atoms with Crippen LogP contribution in [0.3, 0.4) is 0 Å². The van der Waals surface area contributed by atoms with Crippen LogP contribution in [0.2, 0.25) is 0 Å². The van der Waals surface area contributed by atoms with Crippen LogP contribution in [0.15, 0.2) is 11.6 Å². The van der Waals surface area contributed by atoms with Gasteiger partial charge in [-0.05, 0) is 104 Å². The summed E-state index contributed by atoms with van der Waals surface area (Å²) in [6.07, 6.45) is 13.9. The molecule has 4 rings (SSSR count). The van der Waals surface area contributed by atoms with E-state index in [-0.39, 0.29) is 17.6 Å². The van der Waals surface area contributed by atoms with Crippen LogP contribution < -0.4 is 0 Å². The summed E-state index contributed by atoms with van der Waals surface area (Å²) in [6.45, 7) is 14.7. The van der Waals surface area contributed by atoms with Gasteiger partial charge in [-0.25, -0.2) is 0 Å². The third-order valence-corrected chi connectivity index (χ3v) is 11.3. The first kappa shape index (κ1) is 23.8. The lowest BCUT2D eigenvalue weighted by Crippen LogP contribution is -2.54. The Balaban J connectivity index is 1.52. The number of hydrogen-bond acceptors (Lipinski definition) is 2. The summed E-state index contributed by atoms with van der Waals surface area (Å²) in [5, 5.41) is 21.6. The van der Waals surface area contributed by atoms with E-state index in [0.29, 0.717) is 23.2 Å². The monoisotopic (exact) mass is 430 g/mol. The quantitative estimate of drug-likeness (QED) is 0.446. The fraction of sp³-hybridized carbons (Fsp3) is 0.931. The first-order chi connectivity index (χ1) is 14.6. The molecule has 4 aliphatic carbocycles. The van der Waals surface area contributed by atoms with Gasteiger partial charge in [-0.3, -0.25) is 0 Å². The molecule has 31 heavy (non-hydrogen) atoms. The summed E-state index contributed by atoms with van der Waals surface area (Å²) < 4.78 is 0. The Morgan fingerprint density at radius 2 is 1.71 bits per heavy atom. The Bertz CT molecular complexity index is 668. The zero-order valence-corrected chi connectivity index (χ0v) is 21.2. The second-order valence-electron chi connectivity index (χ2n) is 13.0. The average molecular weight is 431 g/mol. The fourth-order valence-electron chi connectivity index (χ4n) is 9.29. The molecule has 0 aliphatic heterocycles. The lowest BCUT2D eigenvalue weighted by atomic mass is 9.46. The van der Waals surface area contributed by atoms with Gasteiger partial charge in [0, 0.05) is 0 Å². The van der Waals surface area contributed by atoms with Gasteiger partial charge in [0.05, 0.1) is 12.2 Å². The maximum absolute atomic E-state index is 11.3. The predicted octanol–water partition coefficient (Wildman–Crippen LogP) is 7.00. The normalized spacial score (nSPS) is 46.7. The van der Waals surface area contributed by atoms with E-state index in [9.17, 15) is 10.2 Å². The fourth-order valence-corrected chi connectivity index (χ4v) is 9.29. The lowest BCUT2D eigenvalue weighted by Gasteiger charge is -2.59. The van der Waals surface area contributed by atoms with Gasteiger partial charge in [-0.1, -0.05) is 66.0 Å². The highest BCUT2D eigenvalue weighted by Crippen LogP contribution is 2.67. The molecule has 0 aromatic heterocycles. The number of rotatable bonds is 6. The van der Waals surface area contributed by atoms with Gasteiger partial charge in [0.2, 0.25) is 0 Å². The van der Waals surface area contributed by atoms with Gasteiger partial charge < -0.3 is 10.2 Å². The zero-order valence-electron chi connectivity index (χ0n) is 21.2. The average Bonchev–Trinajstić information content (AvgIpc) is 3.06. The molecule has 10 atom stereocenters. The summed E-state index contributed by atoms with van der Waals surface area (Å²) in [5.41, 5.74) is 1.97. The minimum Gasteiger partial charge on any atom is -0.393 e. The number of hydrogen-bond donors (Lipinski definition) is 2. The topological polar surface area (TPSA) is 40.5 Å². The van der Waals surface area contributed by atoms with Crippen LogP contribution >= 0.6 is 0 Å². The molecule has 2 N–H and O–H groups in total. The molecule has 0 spiro atoms. The van der Waals surface area contributed by atoms with Crippen molar-refractivity contribution >= 4 is 0 Å². The van der Waals surface area contributed by atoms with E-state index >= 15 is 0 Å². The molecule has 2 nitrogen and oxygen atoms in total. The molecule has 0 aromatic rings. The lowest BCUT2D eigenvalue weighted by molar-refractivity contribution is -0.0972. The van der Waals surface area contributed by atoms with Crippen molar-refractivity contribution in [3.63, 3.8) is 0 Å². The minimum atomic E-state index is -0.303. The molecule has 3 fully saturated rings. The van der Waals surface area contributed by atoms with E-state index in [0.717, 1.165) is 42.9 Å². The van der Waals surface area contributed by atoms with Gasteiger partial charge in [-0.2, -0.15) is 0 Å². The number of fused-ring (bicyclic) bond motifs is 5. The van der Waals surface area contributed by atoms with Crippen LogP contribution in [0, 0.1) is 52.3 Å². The number of aliphatic hydroxyl groups excluding tert-OH is 2. The van der Waals surface area contributed by atoms with Crippen molar-refractivity contribution < 1.29 is 10.2 Å². The molecule has 3 saturated carbocycles. The van der Waals surface area contributed by atoms with Crippen LogP contribution in [0.25, 0.3) is 0 Å². The Labute approximate surface area is 192 Å². The van der Waals surface area contributed by atoms with E-state index in [2.05, 4.69) is 47.6 Å². The standard InChI is InChI=1S/C29H50O2/c1-7-20(18(2)3)9-8-19(4)23-10-11-24-27-25(13-15-29(23,24)6)28(5)14-12-22(30)16-21(28)17-26(27)31/h17-20,22-27,30-31H,7-16H2,1-6H3/t19-,20-,22+,23?,24?,25?,26-,27?,28+,29-/m1/s1. The highest BCUT2D eigenvalue weighted by atomic mass is 16.3. The Kier molecular flexibility index (Phi) is 6.75. The highest BCUT2D eigenvalue weighted by molar-refractivity contribution is 5.27. The molecule has 2 heteroatoms. The maximum atomic E-state index is 11.3. The first-order valence-electron chi connectivity index (χ1n) is 13.7. The zero-order chi connectivity index (χ0) is 22.6. The third-order valence-electron chi connectivity index (χ3n) is 11.3. The highest BCUT2D eigenvalue weighted by Gasteiger charge is 2.61. The van der Waals surface area contributed by atoms with Crippen LogP contribution in [0.1, 0.15) is 106 Å². The van der Waals surface area contributed by atoms with E-state index in [1.807, 2.05) is 0 Å². The maximum Gasteiger partial charge on any atom is 0.0757 e. The van der Waals surface area contributed by atoms with Gasteiger partial charge >= 0.3 is 0 Å². The van der Waals surface area contributed by atoms with Gasteiger partial charge in [0.1, 0.15) is 0 Å². The van der Waals surface area contributed by atoms with E-state index < -0.39 is 0 Å². The molecule has 4 unspecified atom stereocenters. The van der Waals surface area contributed by atoms with Crippen LogP contribution in [0.5, 0.6) is 0 Å². The van der Waals surface area contributed by atoms with Crippen molar-refractivity contribution in [2.75, 3.05) is 0 Å². The number of aliphatic hydroxyl groups is 2. The molecule has 0 bridgehead atoms. The van der Waals surface area contributed by atoms with Crippen molar-refractivity contribution in [2.24, 2.45) is 52.3 Å². The Hall–Kier alpha value is -0.340. The van der Waals surface area contributed by atoms with Gasteiger partial charge in [0.15, 0.2) is 0 Å². The molecular formula is C29H50O2. The third kappa shape index (κ3) is 3.96. The second-order valence-corrected chi connectivity index (χ2v) is 13.0. The molecule has 0 heterocycles. The van der Waals surface area contributed by atoms with E-state index in [1.54, 1.807) is 0 Å². The summed E-state index contributed by atoms with van der Waals surface area (Å²) >= 11 is 0. The van der Waals surface area contributed by atoms with Gasteiger partial charge in [0.25, 0.3) is 0 Å². The Morgan fingerprint density at radius 3 is 2.39 bits per heavy atom. The molecule has 0 aromatic carbocycles. The predicted molar refractivity (Wildman–Crippen MR) is 130 cm³/mol. The molecule has 0 radical (unpaired) electrons. The molecule has 0 saturated heterocycles. The molecule has 0 amide bonds. The van der Waals surface area contributed by atoms with E-state index in [1.165, 1.54) is 50.5 Å². The van der Waals surface area contributed by atoms with Crippen molar-refractivity contribution in [2.45, 2.75) is 118 Å². The summed E-state index contributed by atoms with van der Waals surface area (Å²) in [7, 11) is 0. The summed E-state index contributed by atoms with van der Waals surface area (Å²) in [5.74, 6) is 4.99. The molecule has 4 aliphatic rings. The minimum absolute atomic E-state index is 0.202. The molecular weight excluding hydrogens is 380 g/mol. The smallest absolute Gasteiger partial charge is 0.0757 e. The van der Waals surface area contributed by atoms with Gasteiger partial charge in [-0.15, -0.1) is 0 Å². The second kappa shape index (κ2) is 8.79. The van der Waals surface area contributed by atoms with Crippen molar-refractivity contribution in [1.82, 2.24) is 0 Å². The van der Waals surface area contributed by atoms with Crippen molar-refractivity contribution in [3.05, 3.63) is 11.6 Å². The van der Waals surface area contributed by atoms with E-state index in [4.69, 9.17) is 0 Å². The largest absolute Gasteiger partial charge is 0.393 e. The Morgan fingerprint density at radius 1 is 0.968 bits per heavy atom. The van der Waals surface area contributed by atoms with Crippen molar-refractivity contribution in [3.8, 4) is 0 Å².